The van der Waals surface area contributed by atoms with Crippen LogP contribution in [0.25, 0.3) is 0 Å². The molecule has 15 heteroatoms. The van der Waals surface area contributed by atoms with E-state index in [1.54, 1.807) is 18.2 Å². The van der Waals surface area contributed by atoms with Crippen molar-refractivity contribution in [2.24, 2.45) is 0 Å². The van der Waals surface area contributed by atoms with E-state index >= 15 is 0 Å². The second-order valence-electron chi connectivity index (χ2n) is 7.66. The van der Waals surface area contributed by atoms with Gasteiger partial charge in [-0.3, -0.25) is 19.2 Å². The first-order valence-electron chi connectivity index (χ1n) is 12.3. The number of ether oxygens (including phenoxy) is 4. The van der Waals surface area contributed by atoms with Crippen molar-refractivity contribution in [3.8, 4) is 0 Å². The summed E-state index contributed by atoms with van der Waals surface area (Å²) in [5.74, 6) is -18.7. The van der Waals surface area contributed by atoms with Crippen molar-refractivity contribution >= 4 is 41.5 Å². The standard InChI is InChI=1S/C22H27NO13S/c1-12(24)34-20(30)11-33-19(21(31,35-13(2)25)22(20,32)36-14(3)26)37-10-16(18(28)29)23(4)17(27)15-8-6-5-7-9-15/h5-9,16,19,30-32H,10-11H2,1-4H3,(H,28,29)/t16-,19?,20-,21-,22-/m0/s1/i1D,2D,3D. The molecule has 2 rings (SSSR count). The Labute approximate surface area is 219 Å². The molecule has 0 radical (unpaired) electrons. The summed E-state index contributed by atoms with van der Waals surface area (Å²) in [5.41, 5.74) is -1.96. The first kappa shape index (κ1) is 25.4. The van der Waals surface area contributed by atoms with Gasteiger partial charge < -0.3 is 44.3 Å². The van der Waals surface area contributed by atoms with E-state index in [1.807, 2.05) is 0 Å². The number of hydrogen-bond acceptors (Lipinski definition) is 13. The number of rotatable bonds is 9. The Morgan fingerprint density at radius 1 is 1.05 bits per heavy atom. The van der Waals surface area contributed by atoms with E-state index in [9.17, 15) is 44.4 Å². The van der Waals surface area contributed by atoms with E-state index in [4.69, 9.17) is 13.6 Å². The smallest absolute Gasteiger partial charge is 0.349 e. The Hall–Kier alpha value is -3.24. The molecule has 1 aromatic rings. The Kier molecular flexibility index (Phi) is 7.85. The van der Waals surface area contributed by atoms with Crippen molar-refractivity contribution in [3.63, 3.8) is 0 Å². The van der Waals surface area contributed by atoms with Crippen molar-refractivity contribution in [1.82, 2.24) is 4.90 Å². The molecule has 0 bridgehead atoms. The summed E-state index contributed by atoms with van der Waals surface area (Å²) in [6.45, 7) is -4.80. The number of esters is 3. The minimum absolute atomic E-state index is 0.147. The van der Waals surface area contributed by atoms with Gasteiger partial charge in [-0.05, 0) is 12.1 Å². The quantitative estimate of drug-likeness (QED) is 0.167. The van der Waals surface area contributed by atoms with Crippen molar-refractivity contribution < 1.29 is 67.5 Å². The van der Waals surface area contributed by atoms with Crippen molar-refractivity contribution in [3.05, 3.63) is 35.9 Å². The van der Waals surface area contributed by atoms with Crippen LogP contribution in [-0.4, -0.2) is 103 Å². The lowest BCUT2D eigenvalue weighted by atomic mass is 9.93. The van der Waals surface area contributed by atoms with Crippen molar-refractivity contribution in [2.45, 2.75) is 49.5 Å². The zero-order valence-corrected chi connectivity index (χ0v) is 20.2. The van der Waals surface area contributed by atoms with Gasteiger partial charge in [-0.25, -0.2) is 4.79 Å². The number of hydrogen-bond donors (Lipinski definition) is 4. The van der Waals surface area contributed by atoms with E-state index in [1.165, 1.54) is 19.2 Å². The van der Waals surface area contributed by atoms with Gasteiger partial charge in [0.25, 0.3) is 5.91 Å². The van der Waals surface area contributed by atoms with Gasteiger partial charge in [0, 0.05) is 43.2 Å². The number of thioether (sulfide) groups is 1. The van der Waals surface area contributed by atoms with E-state index in [-0.39, 0.29) is 5.56 Å². The molecule has 1 heterocycles. The van der Waals surface area contributed by atoms with E-state index in [0.29, 0.717) is 11.8 Å². The Morgan fingerprint density at radius 3 is 2.19 bits per heavy atom. The zero-order chi connectivity index (χ0) is 30.3. The molecule has 1 saturated heterocycles. The fourth-order valence-corrected chi connectivity index (χ4v) is 4.67. The van der Waals surface area contributed by atoms with Crippen LogP contribution in [0, 0.1) is 0 Å². The van der Waals surface area contributed by atoms with Gasteiger partial charge >= 0.3 is 41.2 Å². The van der Waals surface area contributed by atoms with Gasteiger partial charge in [0.15, 0.2) is 5.44 Å². The molecule has 1 aliphatic rings. The fourth-order valence-electron chi connectivity index (χ4n) is 3.35. The first-order chi connectivity index (χ1) is 18.7. The van der Waals surface area contributed by atoms with Crippen LogP contribution in [0.5, 0.6) is 0 Å². The van der Waals surface area contributed by atoms with Gasteiger partial charge in [-0.15, -0.1) is 11.8 Å². The molecule has 204 valence electrons. The van der Waals surface area contributed by atoms with Gasteiger partial charge in [-0.1, -0.05) is 18.2 Å². The van der Waals surface area contributed by atoms with Crippen LogP contribution in [-0.2, 0) is 38.1 Å². The molecule has 14 nitrogen and oxygen atoms in total. The lowest BCUT2D eigenvalue weighted by Gasteiger charge is -2.53. The highest BCUT2D eigenvalue weighted by Crippen LogP contribution is 2.47. The molecule has 1 aliphatic heterocycles. The molecule has 0 spiro atoms. The maximum absolute atomic E-state index is 12.8. The summed E-state index contributed by atoms with van der Waals surface area (Å²) >= 11 is 0.324. The average Bonchev–Trinajstić information content (AvgIpc) is 2.92. The maximum atomic E-state index is 12.8. The molecule has 1 amide bonds. The van der Waals surface area contributed by atoms with Gasteiger partial charge in [-0.2, -0.15) is 0 Å². The van der Waals surface area contributed by atoms with Gasteiger partial charge in [0.2, 0.25) is 0 Å². The maximum Gasteiger partial charge on any atom is 0.349 e. The predicted molar refractivity (Wildman–Crippen MR) is 122 cm³/mol. The van der Waals surface area contributed by atoms with Crippen LogP contribution in [0.2, 0.25) is 0 Å². The molecule has 4 N–H and O–H groups in total. The number of carboxylic acid groups (broad SMARTS) is 1. The molecule has 37 heavy (non-hydrogen) atoms. The minimum atomic E-state index is -3.91. The van der Waals surface area contributed by atoms with Crippen LogP contribution >= 0.6 is 11.8 Å². The number of amides is 1. The monoisotopic (exact) mass is 548 g/mol. The van der Waals surface area contributed by atoms with Crippen LogP contribution in [0.4, 0.5) is 0 Å². The summed E-state index contributed by atoms with van der Waals surface area (Å²) in [7, 11) is 1.17. The third kappa shape index (κ3) is 6.19. The van der Waals surface area contributed by atoms with Crippen LogP contribution in [0.1, 0.15) is 35.2 Å². The molecule has 1 fully saturated rings. The molecular formula is C22H27NO13S. The number of carbonyl (C=O) groups is 5. The highest BCUT2D eigenvalue weighted by molar-refractivity contribution is 7.99. The molecule has 1 unspecified atom stereocenters. The number of carboxylic acids is 1. The van der Waals surface area contributed by atoms with Crippen molar-refractivity contribution in [1.29, 1.82) is 0 Å². The number of aliphatic carboxylic acids is 1. The summed E-state index contributed by atoms with van der Waals surface area (Å²) in [6, 6.07) is 5.99. The second-order valence-corrected chi connectivity index (χ2v) is 8.75. The van der Waals surface area contributed by atoms with Crippen LogP contribution in [0.15, 0.2) is 30.3 Å². The van der Waals surface area contributed by atoms with Crippen LogP contribution < -0.4 is 0 Å². The molecule has 0 aliphatic carbocycles. The zero-order valence-electron chi connectivity index (χ0n) is 22.4. The molecule has 0 saturated carbocycles. The van der Waals surface area contributed by atoms with Gasteiger partial charge in [0.05, 0.1) is 0 Å². The molecule has 5 atom stereocenters. The molecule has 0 aromatic heterocycles. The average molecular weight is 549 g/mol. The third-order valence-corrected chi connectivity index (χ3v) is 6.34. The summed E-state index contributed by atoms with van der Waals surface area (Å²) in [5, 5.41) is 43.4. The number of likely N-dealkylation sites (N-methyl/N-ethyl adjacent to an activating group) is 1. The summed E-state index contributed by atoms with van der Waals surface area (Å²) in [4.78, 5) is 61.6. The largest absolute Gasteiger partial charge is 0.480 e. The number of benzene rings is 1. The number of carbonyl (C=O) groups excluding carboxylic acids is 4. The highest BCUT2D eigenvalue weighted by Gasteiger charge is 2.77. The SMILES string of the molecule is [2H]CC(=O)O[C@]1(O)[C@@](O)(OC(=O)C[2H])C(SC[C@@H](C(=O)O)N(C)C(=O)c2ccccc2)OC[C@]1(O)OC(=O)C[2H]. The number of aliphatic hydroxyl groups is 3. The Bertz CT molecular complexity index is 1110. The highest BCUT2D eigenvalue weighted by atomic mass is 32.2. The van der Waals surface area contributed by atoms with E-state index in [0.717, 1.165) is 4.90 Å². The second kappa shape index (κ2) is 11.4. The first-order valence-corrected chi connectivity index (χ1v) is 11.2. The lowest BCUT2D eigenvalue weighted by molar-refractivity contribution is -0.486. The summed E-state index contributed by atoms with van der Waals surface area (Å²) < 4.78 is 40.7. The fraction of sp³-hybridized carbons (Fsp3) is 0.500. The normalized spacial score (nSPS) is 29.0. The summed E-state index contributed by atoms with van der Waals surface area (Å²) in [6.07, 6.45) is 0. The Morgan fingerprint density at radius 2 is 1.62 bits per heavy atom. The molecule has 1 aromatic carbocycles. The van der Waals surface area contributed by atoms with E-state index < -0.39 is 91.7 Å². The van der Waals surface area contributed by atoms with E-state index in [2.05, 4.69) is 9.47 Å². The number of nitrogens with zero attached hydrogens (tertiary/aromatic N) is 1. The molecular weight excluding hydrogens is 518 g/mol. The predicted octanol–water partition coefficient (Wildman–Crippen LogP) is -0.944. The van der Waals surface area contributed by atoms with Crippen LogP contribution in [0.3, 0.4) is 0 Å². The van der Waals surface area contributed by atoms with Gasteiger partial charge in [0.1, 0.15) is 12.6 Å². The topological polar surface area (TPSA) is 206 Å². The lowest BCUT2D eigenvalue weighted by Crippen LogP contribution is -2.80. The third-order valence-electron chi connectivity index (χ3n) is 5.08. The minimum Gasteiger partial charge on any atom is -0.480 e. The Balaban J connectivity index is 2.49. The van der Waals surface area contributed by atoms with Crippen molar-refractivity contribution in [2.75, 3.05) is 19.4 Å².